The summed E-state index contributed by atoms with van der Waals surface area (Å²) in [6, 6.07) is 3.73. The average Bonchev–Trinajstić information content (AvgIpc) is 2.66. The first kappa shape index (κ1) is 21.9. The number of amides is 2. The first-order valence-corrected chi connectivity index (χ1v) is 8.94. The number of nitrogens with one attached hydrogen (secondary N) is 2. The topological polar surface area (TPSA) is 172 Å². The molecule has 0 aliphatic rings. The highest BCUT2D eigenvalue weighted by molar-refractivity contribution is 5.90. The number of benzene rings is 1. The fourth-order valence-corrected chi connectivity index (χ4v) is 2.86. The Kier molecular flexibility index (Phi) is 7.32. The minimum Gasteiger partial charge on any atom is -0.481 e. The number of aryl methyl sites for hydroxylation is 1. The highest BCUT2D eigenvalue weighted by atomic mass is 16.4. The van der Waals surface area contributed by atoms with Crippen LogP contribution in [0.2, 0.25) is 0 Å². The van der Waals surface area contributed by atoms with E-state index in [2.05, 4.69) is 10.6 Å². The third-order valence-electron chi connectivity index (χ3n) is 4.36. The largest absolute Gasteiger partial charge is 0.481 e. The number of nitrogen functional groups attached to an aromatic ring is 1. The second kappa shape index (κ2) is 9.69. The van der Waals surface area contributed by atoms with E-state index < -0.39 is 29.5 Å². The summed E-state index contributed by atoms with van der Waals surface area (Å²) in [5.41, 5.74) is 6.42. The van der Waals surface area contributed by atoms with Gasteiger partial charge in [0.25, 0.3) is 0 Å². The molecule has 1 unspecified atom stereocenters. The fourth-order valence-electron chi connectivity index (χ4n) is 2.86. The summed E-state index contributed by atoms with van der Waals surface area (Å²) in [5.74, 6) is -2.37. The summed E-state index contributed by atoms with van der Waals surface area (Å²) < 4.78 is 5.24. The highest BCUT2D eigenvalue weighted by Crippen LogP contribution is 2.21. The van der Waals surface area contributed by atoms with Crippen LogP contribution in [0.15, 0.2) is 27.4 Å². The molecule has 0 spiro atoms. The molecule has 0 fully saturated rings. The van der Waals surface area contributed by atoms with Gasteiger partial charge in [-0.2, -0.15) is 0 Å². The number of carbonyl (C=O) groups is 3. The van der Waals surface area contributed by atoms with Crippen molar-refractivity contribution in [1.82, 2.24) is 10.6 Å². The minimum absolute atomic E-state index is 0.0330. The van der Waals surface area contributed by atoms with Gasteiger partial charge < -0.3 is 31.0 Å². The van der Waals surface area contributed by atoms with Gasteiger partial charge in [0.05, 0.1) is 18.6 Å². The Hall–Kier alpha value is -3.40. The molecule has 1 atom stereocenters. The number of hydrogen-bond donors (Lipinski definition) is 5. The van der Waals surface area contributed by atoms with Gasteiger partial charge in [-0.05, 0) is 31.0 Å². The maximum atomic E-state index is 12.5. The van der Waals surface area contributed by atoms with E-state index in [1.54, 1.807) is 19.1 Å². The molecule has 1 aromatic heterocycles. The number of anilines is 1. The number of hydrogen-bond acceptors (Lipinski definition) is 7. The highest BCUT2D eigenvalue weighted by Gasteiger charge is 2.23. The Morgan fingerprint density at radius 1 is 1.28 bits per heavy atom. The SMILES string of the molecule is Cc1c(CC(=O)NC(CCC(=O)O)C(=O)NCCO)c(=O)oc2cc(N)ccc12. The molecule has 156 valence electrons. The number of aliphatic carboxylic acids is 1. The molecule has 10 heteroatoms. The number of carbonyl (C=O) groups excluding carboxylic acids is 2. The number of rotatable bonds is 9. The Labute approximate surface area is 165 Å². The lowest BCUT2D eigenvalue weighted by molar-refractivity contribution is -0.138. The lowest BCUT2D eigenvalue weighted by atomic mass is 10.0. The van der Waals surface area contributed by atoms with Gasteiger partial charge in [0.2, 0.25) is 11.8 Å². The number of aliphatic hydroxyl groups is 1. The van der Waals surface area contributed by atoms with E-state index in [1.165, 1.54) is 6.07 Å². The van der Waals surface area contributed by atoms with E-state index in [4.69, 9.17) is 20.4 Å². The number of fused-ring (bicyclic) bond motifs is 1. The summed E-state index contributed by atoms with van der Waals surface area (Å²) in [6.45, 7) is 1.34. The fraction of sp³-hybridized carbons (Fsp3) is 0.368. The van der Waals surface area contributed by atoms with Crippen molar-refractivity contribution in [1.29, 1.82) is 0 Å². The first-order chi connectivity index (χ1) is 13.7. The maximum absolute atomic E-state index is 12.5. The van der Waals surface area contributed by atoms with Crippen LogP contribution in [0.5, 0.6) is 0 Å². The molecule has 2 aromatic rings. The smallest absolute Gasteiger partial charge is 0.340 e. The number of aliphatic hydroxyl groups excluding tert-OH is 1. The van der Waals surface area contributed by atoms with Crippen molar-refractivity contribution in [3.05, 3.63) is 39.7 Å². The zero-order chi connectivity index (χ0) is 21.6. The van der Waals surface area contributed by atoms with Gasteiger partial charge in [0, 0.05) is 30.1 Å². The second-order valence-electron chi connectivity index (χ2n) is 6.49. The molecule has 2 amide bonds. The summed E-state index contributed by atoms with van der Waals surface area (Å²) in [5, 5.41) is 23.1. The Morgan fingerprint density at radius 3 is 2.66 bits per heavy atom. The van der Waals surface area contributed by atoms with E-state index >= 15 is 0 Å². The third-order valence-corrected chi connectivity index (χ3v) is 4.36. The standard InChI is InChI=1S/C19H23N3O7/c1-10-12-3-2-11(20)8-15(12)29-19(28)13(10)9-16(24)22-14(4-5-17(25)26)18(27)21-6-7-23/h2-3,8,14,23H,4-7,9,20H2,1H3,(H,21,27)(H,22,24)(H,25,26). The molecule has 10 nitrogen and oxygen atoms in total. The average molecular weight is 405 g/mol. The molecular weight excluding hydrogens is 382 g/mol. The van der Waals surface area contributed by atoms with Crippen molar-refractivity contribution in [2.75, 3.05) is 18.9 Å². The number of carboxylic acid groups (broad SMARTS) is 1. The first-order valence-electron chi connectivity index (χ1n) is 8.94. The molecule has 0 aliphatic heterocycles. The van der Waals surface area contributed by atoms with E-state index in [0.717, 1.165) is 0 Å². The molecule has 2 rings (SSSR count). The zero-order valence-corrected chi connectivity index (χ0v) is 15.9. The van der Waals surface area contributed by atoms with Crippen LogP contribution < -0.4 is 22.0 Å². The summed E-state index contributed by atoms with van der Waals surface area (Å²) in [4.78, 5) is 47.7. The van der Waals surface area contributed by atoms with Gasteiger partial charge in [-0.15, -0.1) is 0 Å². The van der Waals surface area contributed by atoms with Crippen LogP contribution in [0.25, 0.3) is 11.0 Å². The van der Waals surface area contributed by atoms with Crippen LogP contribution in [0, 0.1) is 6.92 Å². The van der Waals surface area contributed by atoms with E-state index in [9.17, 15) is 19.2 Å². The second-order valence-corrected chi connectivity index (χ2v) is 6.49. The van der Waals surface area contributed by atoms with Crippen molar-refractivity contribution in [2.24, 2.45) is 0 Å². The molecule has 0 bridgehead atoms. The van der Waals surface area contributed by atoms with Crippen molar-refractivity contribution in [2.45, 2.75) is 32.2 Å². The van der Waals surface area contributed by atoms with Crippen LogP contribution in [-0.4, -0.2) is 47.2 Å². The molecule has 0 aliphatic carbocycles. The van der Waals surface area contributed by atoms with Gasteiger partial charge in [0.1, 0.15) is 11.6 Å². The Bertz CT molecular complexity index is 984. The van der Waals surface area contributed by atoms with Gasteiger partial charge in [-0.3, -0.25) is 14.4 Å². The molecule has 6 N–H and O–H groups in total. The van der Waals surface area contributed by atoms with Crippen molar-refractivity contribution < 1.29 is 29.0 Å². The number of carboxylic acids is 1. The molecule has 1 heterocycles. The molecule has 0 saturated heterocycles. The summed E-state index contributed by atoms with van der Waals surface area (Å²) in [7, 11) is 0. The van der Waals surface area contributed by atoms with Crippen molar-refractivity contribution in [3.8, 4) is 0 Å². The predicted molar refractivity (Wildman–Crippen MR) is 104 cm³/mol. The monoisotopic (exact) mass is 405 g/mol. The van der Waals surface area contributed by atoms with Crippen LogP contribution in [0.4, 0.5) is 5.69 Å². The molecule has 0 saturated carbocycles. The van der Waals surface area contributed by atoms with Gasteiger partial charge in [0.15, 0.2) is 0 Å². The van der Waals surface area contributed by atoms with Crippen LogP contribution >= 0.6 is 0 Å². The van der Waals surface area contributed by atoms with Crippen LogP contribution in [0.1, 0.15) is 24.0 Å². The lowest BCUT2D eigenvalue weighted by Crippen LogP contribution is -2.48. The lowest BCUT2D eigenvalue weighted by Gasteiger charge is -2.18. The summed E-state index contributed by atoms with van der Waals surface area (Å²) >= 11 is 0. The van der Waals surface area contributed by atoms with E-state index in [0.29, 0.717) is 22.2 Å². The third kappa shape index (κ3) is 5.79. The molecule has 0 radical (unpaired) electrons. The molecular formula is C19H23N3O7. The van der Waals surface area contributed by atoms with Gasteiger partial charge in [-0.1, -0.05) is 0 Å². The quantitative estimate of drug-likeness (QED) is 0.279. The Morgan fingerprint density at radius 2 is 2.00 bits per heavy atom. The van der Waals surface area contributed by atoms with Gasteiger partial charge in [-0.25, -0.2) is 4.79 Å². The Balaban J connectivity index is 2.20. The minimum atomic E-state index is -1.12. The van der Waals surface area contributed by atoms with Crippen molar-refractivity contribution >= 4 is 34.4 Å². The summed E-state index contributed by atoms with van der Waals surface area (Å²) in [6.07, 6.45) is -0.815. The van der Waals surface area contributed by atoms with Crippen LogP contribution in [0.3, 0.4) is 0 Å². The van der Waals surface area contributed by atoms with Crippen LogP contribution in [-0.2, 0) is 20.8 Å². The van der Waals surface area contributed by atoms with E-state index in [1.807, 2.05) is 0 Å². The maximum Gasteiger partial charge on any atom is 0.340 e. The molecule has 29 heavy (non-hydrogen) atoms. The zero-order valence-electron chi connectivity index (χ0n) is 15.9. The van der Waals surface area contributed by atoms with Crippen molar-refractivity contribution in [3.63, 3.8) is 0 Å². The molecule has 1 aromatic carbocycles. The normalized spacial score (nSPS) is 11.8. The van der Waals surface area contributed by atoms with Gasteiger partial charge >= 0.3 is 11.6 Å². The predicted octanol–water partition coefficient (Wildman–Crippen LogP) is -0.316. The van der Waals surface area contributed by atoms with E-state index in [-0.39, 0.29) is 38.0 Å². The number of nitrogens with two attached hydrogens (primary N) is 1.